The zero-order chi connectivity index (χ0) is 8.43. The van der Waals surface area contributed by atoms with Gasteiger partial charge in [-0.25, -0.2) is 4.98 Å². The number of nitrogens with zero attached hydrogens (tertiary/aromatic N) is 1. The number of nitrogen functional groups attached to an aromatic ring is 1. The van der Waals surface area contributed by atoms with E-state index >= 15 is 0 Å². The Morgan fingerprint density at radius 1 is 1.73 bits per heavy atom. The van der Waals surface area contributed by atoms with Gasteiger partial charge in [0.1, 0.15) is 3.70 Å². The lowest BCUT2D eigenvalue weighted by molar-refractivity contribution is 0.990. The topological polar surface area (TPSA) is 71.8 Å². The van der Waals surface area contributed by atoms with E-state index in [4.69, 9.17) is 5.73 Å². The Morgan fingerprint density at radius 2 is 2.36 bits per heavy atom. The first kappa shape index (κ1) is 8.51. The maximum atomic E-state index is 11.1. The van der Waals surface area contributed by atoms with Gasteiger partial charge in [-0.2, -0.15) is 0 Å². The van der Waals surface area contributed by atoms with Gasteiger partial charge < -0.3 is 5.73 Å². The average molecular weight is 265 g/mol. The third-order valence-corrected chi connectivity index (χ3v) is 2.23. The van der Waals surface area contributed by atoms with Gasteiger partial charge in [0.15, 0.2) is 0 Å². The first-order chi connectivity index (χ1) is 5.15. The molecule has 0 atom stereocenters. The van der Waals surface area contributed by atoms with E-state index in [1.807, 2.05) is 29.5 Å². The molecule has 5 heteroatoms. The first-order valence-electron chi connectivity index (χ1n) is 3.19. The molecule has 0 aliphatic carbocycles. The van der Waals surface area contributed by atoms with Crippen LogP contribution in [-0.4, -0.2) is 9.97 Å². The second-order valence-electron chi connectivity index (χ2n) is 2.07. The molecule has 0 amide bonds. The van der Waals surface area contributed by atoms with Crippen molar-refractivity contribution in [3.8, 4) is 0 Å². The van der Waals surface area contributed by atoms with Gasteiger partial charge >= 0.3 is 0 Å². The molecule has 1 aromatic heterocycles. The van der Waals surface area contributed by atoms with Crippen LogP contribution in [0, 0.1) is 3.70 Å². The van der Waals surface area contributed by atoms with Crippen LogP contribution in [0.4, 0.5) is 5.95 Å². The van der Waals surface area contributed by atoms with Crippen LogP contribution >= 0.6 is 22.6 Å². The fraction of sp³-hybridized carbons (Fsp3) is 0.333. The number of hydrogen-bond acceptors (Lipinski definition) is 3. The van der Waals surface area contributed by atoms with Crippen molar-refractivity contribution in [1.82, 2.24) is 9.97 Å². The van der Waals surface area contributed by atoms with Gasteiger partial charge in [0, 0.05) is 5.56 Å². The highest BCUT2D eigenvalue weighted by molar-refractivity contribution is 14.1. The van der Waals surface area contributed by atoms with Crippen molar-refractivity contribution in [2.75, 3.05) is 5.73 Å². The summed E-state index contributed by atoms with van der Waals surface area (Å²) in [6.07, 6.45) is 0.681. The van der Waals surface area contributed by atoms with E-state index in [1.54, 1.807) is 0 Å². The average Bonchev–Trinajstić information content (AvgIpc) is 1.85. The smallest absolute Gasteiger partial charge is 0.256 e. The van der Waals surface area contributed by atoms with Gasteiger partial charge in [-0.3, -0.25) is 9.78 Å². The highest BCUT2D eigenvalue weighted by Crippen LogP contribution is 2.05. The van der Waals surface area contributed by atoms with Crippen molar-refractivity contribution in [2.45, 2.75) is 13.3 Å². The lowest BCUT2D eigenvalue weighted by Crippen LogP contribution is -2.17. The monoisotopic (exact) mass is 265 g/mol. The summed E-state index contributed by atoms with van der Waals surface area (Å²) in [6, 6.07) is 0. The molecule has 0 aliphatic heterocycles. The van der Waals surface area contributed by atoms with Crippen LogP contribution in [0.3, 0.4) is 0 Å². The van der Waals surface area contributed by atoms with Gasteiger partial charge in [0.25, 0.3) is 5.56 Å². The van der Waals surface area contributed by atoms with E-state index in [0.717, 1.165) is 0 Å². The van der Waals surface area contributed by atoms with Crippen molar-refractivity contribution in [2.24, 2.45) is 0 Å². The number of nitrogens with one attached hydrogen (secondary N) is 1. The van der Waals surface area contributed by atoms with E-state index in [2.05, 4.69) is 9.97 Å². The molecular formula is C6H8IN3O. The van der Waals surface area contributed by atoms with Gasteiger partial charge in [-0.15, -0.1) is 0 Å². The Balaban J connectivity index is 3.37. The summed E-state index contributed by atoms with van der Waals surface area (Å²) in [7, 11) is 0. The Kier molecular flexibility index (Phi) is 2.48. The zero-order valence-electron chi connectivity index (χ0n) is 6.02. The van der Waals surface area contributed by atoms with Gasteiger partial charge in [-0.05, 0) is 29.0 Å². The summed E-state index contributed by atoms with van der Waals surface area (Å²) in [4.78, 5) is 17.5. The molecule has 0 fully saturated rings. The molecule has 3 N–H and O–H groups in total. The fourth-order valence-electron chi connectivity index (χ4n) is 0.793. The minimum Gasteiger partial charge on any atom is -0.369 e. The number of anilines is 1. The number of aromatic amines is 1. The van der Waals surface area contributed by atoms with Crippen LogP contribution in [0.2, 0.25) is 0 Å². The Morgan fingerprint density at radius 3 is 2.82 bits per heavy atom. The Bertz CT molecular complexity index is 320. The number of hydrogen-bond donors (Lipinski definition) is 2. The third kappa shape index (κ3) is 1.70. The number of halogens is 1. The summed E-state index contributed by atoms with van der Waals surface area (Å²) in [5.74, 6) is 0.177. The van der Waals surface area contributed by atoms with Crippen LogP contribution in [0.15, 0.2) is 4.79 Å². The molecule has 0 saturated carbocycles. The number of nitrogens with two attached hydrogens (primary N) is 1. The van der Waals surface area contributed by atoms with E-state index in [0.29, 0.717) is 15.7 Å². The van der Waals surface area contributed by atoms with Crippen LogP contribution in [0.1, 0.15) is 12.5 Å². The minimum atomic E-state index is -0.135. The van der Waals surface area contributed by atoms with Crippen molar-refractivity contribution in [3.63, 3.8) is 0 Å². The molecule has 0 saturated heterocycles. The maximum Gasteiger partial charge on any atom is 0.256 e. The third-order valence-electron chi connectivity index (χ3n) is 1.34. The fourth-order valence-corrected chi connectivity index (χ4v) is 1.68. The summed E-state index contributed by atoms with van der Waals surface area (Å²) >= 11 is 2.00. The van der Waals surface area contributed by atoms with Crippen molar-refractivity contribution >= 4 is 28.5 Å². The summed E-state index contributed by atoms with van der Waals surface area (Å²) in [5.41, 5.74) is 5.87. The highest BCUT2D eigenvalue weighted by Gasteiger charge is 2.04. The normalized spacial score (nSPS) is 10.0. The van der Waals surface area contributed by atoms with Crippen LogP contribution in [-0.2, 0) is 6.42 Å². The molecule has 1 rings (SSSR count). The minimum absolute atomic E-state index is 0.135. The summed E-state index contributed by atoms with van der Waals surface area (Å²) in [5, 5.41) is 0. The molecule has 0 unspecified atom stereocenters. The van der Waals surface area contributed by atoms with E-state index in [-0.39, 0.29) is 11.5 Å². The highest BCUT2D eigenvalue weighted by atomic mass is 127. The van der Waals surface area contributed by atoms with Crippen LogP contribution in [0.25, 0.3) is 0 Å². The van der Waals surface area contributed by atoms with Gasteiger partial charge in [0.2, 0.25) is 5.95 Å². The quantitative estimate of drug-likeness (QED) is 0.574. The zero-order valence-corrected chi connectivity index (χ0v) is 8.18. The van der Waals surface area contributed by atoms with E-state index in [9.17, 15) is 4.79 Å². The number of aromatic nitrogens is 2. The molecule has 0 bridgehead atoms. The lowest BCUT2D eigenvalue weighted by Gasteiger charge is -1.98. The predicted molar refractivity (Wildman–Crippen MR) is 51.4 cm³/mol. The van der Waals surface area contributed by atoms with Gasteiger partial charge in [-0.1, -0.05) is 6.92 Å². The number of rotatable bonds is 1. The van der Waals surface area contributed by atoms with Crippen LogP contribution in [0.5, 0.6) is 0 Å². The van der Waals surface area contributed by atoms with Gasteiger partial charge in [0.05, 0.1) is 0 Å². The van der Waals surface area contributed by atoms with E-state index < -0.39 is 0 Å². The molecule has 0 aliphatic rings. The largest absolute Gasteiger partial charge is 0.369 e. The SMILES string of the molecule is CCc1c(I)nc(N)[nH]c1=O. The van der Waals surface area contributed by atoms with Crippen molar-refractivity contribution in [3.05, 3.63) is 19.6 Å². The van der Waals surface area contributed by atoms with E-state index in [1.165, 1.54) is 0 Å². The van der Waals surface area contributed by atoms with Crippen molar-refractivity contribution in [1.29, 1.82) is 0 Å². The molecule has 1 aromatic rings. The number of H-pyrrole nitrogens is 1. The standard InChI is InChI=1S/C6H8IN3O/c1-2-3-4(7)9-6(8)10-5(3)11/h2H2,1H3,(H3,8,9,10,11). The molecule has 60 valence electrons. The Labute approximate surface area is 77.4 Å². The molecule has 11 heavy (non-hydrogen) atoms. The van der Waals surface area contributed by atoms with Crippen molar-refractivity contribution < 1.29 is 0 Å². The second-order valence-corrected chi connectivity index (χ2v) is 3.10. The molecule has 0 radical (unpaired) electrons. The lowest BCUT2D eigenvalue weighted by atomic mass is 10.3. The molecule has 1 heterocycles. The maximum absolute atomic E-state index is 11.1. The second kappa shape index (κ2) is 3.21. The van der Waals surface area contributed by atoms with Crippen LogP contribution < -0.4 is 11.3 Å². The molecular weight excluding hydrogens is 257 g/mol. The first-order valence-corrected chi connectivity index (χ1v) is 4.27. The molecule has 0 aromatic carbocycles. The summed E-state index contributed by atoms with van der Waals surface area (Å²) in [6.45, 7) is 1.91. The predicted octanol–water partition coefficient (Wildman–Crippen LogP) is 0.519. The summed E-state index contributed by atoms with van der Waals surface area (Å²) < 4.78 is 0.686. The Hall–Kier alpha value is -0.590. The molecule has 4 nitrogen and oxygen atoms in total. The molecule has 0 spiro atoms.